The second-order valence-corrected chi connectivity index (χ2v) is 4.20. The van der Waals surface area contributed by atoms with Gasteiger partial charge in [-0.3, -0.25) is 9.77 Å². The Kier molecular flexibility index (Phi) is 3.31. The molecule has 0 saturated heterocycles. The van der Waals surface area contributed by atoms with Gasteiger partial charge >= 0.3 is 22.4 Å². The Labute approximate surface area is 101 Å². The maximum absolute atomic E-state index is 11.0. The Bertz CT molecular complexity index is 593. The van der Waals surface area contributed by atoms with E-state index in [1.807, 2.05) is 0 Å². The van der Waals surface area contributed by atoms with Gasteiger partial charge in [0, 0.05) is 5.52 Å². The normalized spacial score (nSPS) is 11.3. The van der Waals surface area contributed by atoms with Gasteiger partial charge in [-0.25, -0.2) is 0 Å². The van der Waals surface area contributed by atoms with Gasteiger partial charge < -0.3 is 10.2 Å². The molecule has 84 valence electrons. The van der Waals surface area contributed by atoms with E-state index >= 15 is 0 Å². The molecule has 8 heteroatoms. The molecule has 1 aromatic carbocycles. The summed E-state index contributed by atoms with van der Waals surface area (Å²) in [5.74, 6) is 0. The van der Waals surface area contributed by atoms with Crippen molar-refractivity contribution in [1.82, 2.24) is 15.4 Å². The molecule has 0 aliphatic carbocycles. The van der Waals surface area contributed by atoms with Gasteiger partial charge in [0.2, 0.25) is 0 Å². The van der Waals surface area contributed by atoms with Crippen molar-refractivity contribution < 1.29 is 35.4 Å². The number of fused-ring (bicyclic) bond motifs is 1. The van der Waals surface area contributed by atoms with Crippen molar-refractivity contribution in [2.24, 2.45) is 0 Å². The molecule has 2 rings (SSSR count). The van der Waals surface area contributed by atoms with Gasteiger partial charge in [-0.1, -0.05) is 12.1 Å². The van der Waals surface area contributed by atoms with Crippen LogP contribution < -0.4 is 5.10 Å². The molecule has 0 saturated carbocycles. The van der Waals surface area contributed by atoms with E-state index in [0.29, 0.717) is 11.1 Å². The van der Waals surface area contributed by atoms with Crippen molar-refractivity contribution in [3.05, 3.63) is 17.7 Å². The minimum Gasteiger partial charge on any atom is -0.350 e. The molecule has 0 atom stereocenters. The average molecular weight is 320 g/mol. The zero-order valence-corrected chi connectivity index (χ0v) is 9.77. The summed E-state index contributed by atoms with van der Waals surface area (Å²) in [6, 6.07) is 3.14. The number of hydrogen-bond acceptors (Lipinski definition) is 4. The molecule has 6 nitrogen and oxygen atoms in total. The molecule has 15 heavy (non-hydrogen) atoms. The van der Waals surface area contributed by atoms with Crippen LogP contribution in [0.25, 0.3) is 11.0 Å². The quantitative estimate of drug-likeness (QED) is 0.593. The van der Waals surface area contributed by atoms with E-state index < -0.39 is 10.1 Å². The summed E-state index contributed by atoms with van der Waals surface area (Å²) in [5.41, 5.74) is 0.873. The first-order chi connectivity index (χ1) is 6.50. The van der Waals surface area contributed by atoms with Gasteiger partial charge in [0.05, 0.1) is 0 Å². The summed E-state index contributed by atoms with van der Waals surface area (Å²) in [6.07, 6.45) is 0. The maximum Gasteiger partial charge on any atom is 1.00 e. The van der Waals surface area contributed by atoms with Crippen molar-refractivity contribution in [2.45, 2.75) is 11.8 Å². The van der Waals surface area contributed by atoms with Crippen molar-refractivity contribution >= 4 is 21.2 Å². The molecule has 1 N–H and O–H groups in total. The minimum absolute atomic E-state index is 0. The van der Waals surface area contributed by atoms with E-state index in [2.05, 4.69) is 15.4 Å². The first-order valence-corrected chi connectivity index (χ1v) is 5.17. The zero-order chi connectivity index (χ0) is 10.3. The number of benzene rings is 1. The largest absolute Gasteiger partial charge is 1.00 e. The van der Waals surface area contributed by atoms with Crippen molar-refractivity contribution in [1.29, 1.82) is 0 Å². The first-order valence-electron chi connectivity index (χ1n) is 3.73. The Morgan fingerprint density at radius 1 is 1.40 bits per heavy atom. The van der Waals surface area contributed by atoms with E-state index in [9.17, 15) is 8.42 Å². The van der Waals surface area contributed by atoms with Gasteiger partial charge in [0.25, 0.3) is 10.1 Å². The van der Waals surface area contributed by atoms with E-state index in [1.54, 1.807) is 19.1 Å². The van der Waals surface area contributed by atoms with E-state index in [0.717, 1.165) is 0 Å². The number of hydrogen-bond donors (Lipinski definition) is 1. The van der Waals surface area contributed by atoms with E-state index in [4.69, 9.17) is 4.55 Å². The van der Waals surface area contributed by atoms with Crippen LogP contribution in [0.2, 0.25) is 0 Å². The van der Waals surface area contributed by atoms with Gasteiger partial charge in [0.15, 0.2) is 0 Å². The summed E-state index contributed by atoms with van der Waals surface area (Å²) < 4.78 is 31.0. The molecule has 0 bridgehead atoms. The molecule has 1 aromatic heterocycles. The molecule has 0 radical (unpaired) electrons. The second kappa shape index (κ2) is 4.03. The maximum atomic E-state index is 11.0. The molecule has 0 aliphatic heterocycles. The molecular formula is C7H6AgN3O3S. The summed E-state index contributed by atoms with van der Waals surface area (Å²) in [5, 5.41) is 10.5. The molecular weight excluding hydrogens is 314 g/mol. The third-order valence-electron chi connectivity index (χ3n) is 1.86. The molecule has 0 spiro atoms. The van der Waals surface area contributed by atoms with Crippen LogP contribution in [0, 0.1) is 6.92 Å². The average Bonchev–Trinajstić information content (AvgIpc) is 2.48. The topological polar surface area (TPSA) is 94.3 Å². The first kappa shape index (κ1) is 12.3. The number of aromatic nitrogens is 3. The van der Waals surface area contributed by atoms with Crippen LogP contribution in [0.1, 0.15) is 5.56 Å². The third kappa shape index (κ3) is 2.11. The molecule has 0 unspecified atom stereocenters. The number of nitrogens with zero attached hydrogens (tertiary/aromatic N) is 3. The minimum atomic E-state index is -4.27. The van der Waals surface area contributed by atoms with Crippen LogP contribution in [0.5, 0.6) is 0 Å². The Morgan fingerprint density at radius 2 is 2.07 bits per heavy atom. The van der Waals surface area contributed by atoms with E-state index in [1.165, 1.54) is 0 Å². The Morgan fingerprint density at radius 3 is 2.67 bits per heavy atom. The zero-order valence-electron chi connectivity index (χ0n) is 7.47. The number of aryl methyl sites for hydroxylation is 1. The van der Waals surface area contributed by atoms with Gasteiger partial charge in [0.1, 0.15) is 4.90 Å². The van der Waals surface area contributed by atoms with Crippen molar-refractivity contribution in [3.63, 3.8) is 0 Å². The SMILES string of the molecule is Cc1ccc2[n-]nnc2c1S(=O)(=O)O.[Ag+]. The van der Waals surface area contributed by atoms with Crippen molar-refractivity contribution in [3.8, 4) is 0 Å². The smallest absolute Gasteiger partial charge is 0.350 e. The molecule has 1 heterocycles. The van der Waals surface area contributed by atoms with Gasteiger partial charge in [-0.2, -0.15) is 8.42 Å². The predicted octanol–water partition coefficient (Wildman–Crippen LogP) is 0.140. The summed E-state index contributed by atoms with van der Waals surface area (Å²) >= 11 is 0. The van der Waals surface area contributed by atoms with Crippen molar-refractivity contribution in [2.75, 3.05) is 0 Å². The van der Waals surface area contributed by atoms with Crippen LogP contribution in [0.4, 0.5) is 0 Å². The molecule has 0 aliphatic rings. The Hall–Kier alpha value is -0.730. The van der Waals surface area contributed by atoms with Crippen LogP contribution >= 0.6 is 0 Å². The summed E-state index contributed by atoms with van der Waals surface area (Å²) in [7, 11) is -4.27. The van der Waals surface area contributed by atoms with Crippen LogP contribution in [0.15, 0.2) is 17.0 Å². The summed E-state index contributed by atoms with van der Waals surface area (Å²) in [4.78, 5) is -0.222. The number of rotatable bonds is 1. The monoisotopic (exact) mass is 319 g/mol. The van der Waals surface area contributed by atoms with E-state index in [-0.39, 0.29) is 32.8 Å². The van der Waals surface area contributed by atoms with Crippen LogP contribution in [-0.4, -0.2) is 23.3 Å². The molecule has 2 aromatic rings. The standard InChI is InChI=1S/C7H6N3O3S.Ag/c1-4-2-3-5-6(9-10-8-5)7(4)14(11,12)13;/h2-3H,1H3,(H-,8,9,10,11,12,13);/q-1;+1. The second-order valence-electron chi connectivity index (χ2n) is 2.84. The fourth-order valence-corrected chi connectivity index (χ4v) is 2.14. The molecule has 0 fully saturated rings. The summed E-state index contributed by atoms with van der Waals surface area (Å²) in [6.45, 7) is 1.57. The third-order valence-corrected chi connectivity index (χ3v) is 2.89. The van der Waals surface area contributed by atoms with Crippen LogP contribution in [0.3, 0.4) is 0 Å². The predicted molar refractivity (Wildman–Crippen MR) is 47.4 cm³/mol. The fourth-order valence-electron chi connectivity index (χ4n) is 1.28. The fraction of sp³-hybridized carbons (Fsp3) is 0.143. The van der Waals surface area contributed by atoms with Gasteiger partial charge in [-0.15, -0.1) is 0 Å². The van der Waals surface area contributed by atoms with Crippen LogP contribution in [-0.2, 0) is 32.5 Å². The Balaban J connectivity index is 0.00000112. The molecule has 0 amide bonds. The van der Waals surface area contributed by atoms with Gasteiger partial charge in [-0.05, 0) is 18.0 Å².